The van der Waals surface area contributed by atoms with Crippen LogP contribution in [-0.4, -0.2) is 12.2 Å². The molecule has 96 valence electrons. The van der Waals surface area contributed by atoms with E-state index < -0.39 is 11.7 Å². The number of amides is 1. The van der Waals surface area contributed by atoms with Crippen LogP contribution in [0.25, 0.3) is 0 Å². The summed E-state index contributed by atoms with van der Waals surface area (Å²) >= 11 is 5.61. The van der Waals surface area contributed by atoms with E-state index in [1.54, 1.807) is 18.2 Å². The largest absolute Gasteiger partial charge is 0.322 e. The highest BCUT2D eigenvalue weighted by Gasteiger charge is 2.12. The summed E-state index contributed by atoms with van der Waals surface area (Å²) in [5, 5.41) is 2.73. The third-order valence-corrected chi connectivity index (χ3v) is 2.69. The first kappa shape index (κ1) is 13.2. The van der Waals surface area contributed by atoms with Crippen LogP contribution in [0.4, 0.5) is 10.1 Å². The Morgan fingerprint density at radius 3 is 2.68 bits per heavy atom. The van der Waals surface area contributed by atoms with Gasteiger partial charge < -0.3 is 5.32 Å². The fourth-order valence-electron chi connectivity index (χ4n) is 1.56. The predicted molar refractivity (Wildman–Crippen MR) is 71.2 cm³/mol. The van der Waals surface area contributed by atoms with Crippen molar-refractivity contribution in [3.05, 3.63) is 64.4 Å². The number of anilines is 1. The Labute approximate surface area is 114 Å². The van der Waals surface area contributed by atoms with E-state index in [1.807, 2.05) is 0 Å². The lowest BCUT2D eigenvalue weighted by atomic mass is 10.1. The van der Waals surface area contributed by atoms with E-state index in [2.05, 4.69) is 5.32 Å². The zero-order valence-corrected chi connectivity index (χ0v) is 10.4. The van der Waals surface area contributed by atoms with E-state index >= 15 is 0 Å². The number of rotatable bonds is 3. The van der Waals surface area contributed by atoms with E-state index in [9.17, 15) is 14.0 Å². The topological polar surface area (TPSA) is 46.2 Å². The molecule has 3 nitrogen and oxygen atoms in total. The van der Waals surface area contributed by atoms with Crippen LogP contribution in [0.2, 0.25) is 5.02 Å². The van der Waals surface area contributed by atoms with Crippen LogP contribution < -0.4 is 5.32 Å². The number of halogens is 2. The minimum absolute atomic E-state index is 0.110. The Morgan fingerprint density at radius 1 is 1.21 bits per heavy atom. The van der Waals surface area contributed by atoms with Gasteiger partial charge in [0.25, 0.3) is 5.91 Å². The Morgan fingerprint density at radius 2 is 2.00 bits per heavy atom. The van der Waals surface area contributed by atoms with Crippen molar-refractivity contribution in [1.29, 1.82) is 0 Å². The molecular formula is C14H9ClFNO2. The van der Waals surface area contributed by atoms with Gasteiger partial charge in [0.2, 0.25) is 0 Å². The second-order valence-electron chi connectivity index (χ2n) is 3.82. The standard InChI is InChI=1S/C14H9ClFNO2/c15-10-4-5-12(13(16)7-10)14(19)17-11-3-1-2-9(6-11)8-18/h1-8H,(H,17,19). The van der Waals surface area contributed by atoms with Gasteiger partial charge >= 0.3 is 0 Å². The normalized spacial score (nSPS) is 10.0. The third kappa shape index (κ3) is 3.17. The van der Waals surface area contributed by atoms with Crippen LogP contribution in [0, 0.1) is 5.82 Å². The molecule has 0 unspecified atom stereocenters. The fourth-order valence-corrected chi connectivity index (χ4v) is 1.72. The van der Waals surface area contributed by atoms with Crippen LogP contribution in [0.1, 0.15) is 20.7 Å². The van der Waals surface area contributed by atoms with Gasteiger partial charge in [-0.25, -0.2) is 4.39 Å². The maximum Gasteiger partial charge on any atom is 0.258 e. The Bertz CT molecular complexity index is 643. The molecule has 1 N–H and O–H groups in total. The summed E-state index contributed by atoms with van der Waals surface area (Å²) in [4.78, 5) is 22.5. The van der Waals surface area contributed by atoms with Gasteiger partial charge in [0.1, 0.15) is 12.1 Å². The first-order valence-electron chi connectivity index (χ1n) is 5.42. The lowest BCUT2D eigenvalue weighted by Gasteiger charge is -2.06. The summed E-state index contributed by atoms with van der Waals surface area (Å²) in [5.41, 5.74) is 0.735. The van der Waals surface area contributed by atoms with Crippen molar-refractivity contribution in [2.45, 2.75) is 0 Å². The molecule has 5 heteroatoms. The monoisotopic (exact) mass is 277 g/mol. The van der Waals surface area contributed by atoms with E-state index in [-0.39, 0.29) is 10.6 Å². The van der Waals surface area contributed by atoms with E-state index in [1.165, 1.54) is 18.2 Å². The molecule has 2 rings (SSSR count). The summed E-state index contributed by atoms with van der Waals surface area (Å²) in [5.74, 6) is -1.30. The molecule has 0 aromatic heterocycles. The van der Waals surface area contributed by atoms with Gasteiger partial charge in [-0.05, 0) is 30.3 Å². The van der Waals surface area contributed by atoms with Gasteiger partial charge in [-0.2, -0.15) is 0 Å². The molecule has 2 aromatic rings. The number of aldehydes is 1. The third-order valence-electron chi connectivity index (χ3n) is 2.46. The maximum atomic E-state index is 13.5. The van der Waals surface area contributed by atoms with Gasteiger partial charge in [-0.15, -0.1) is 0 Å². The summed E-state index contributed by atoms with van der Waals surface area (Å²) in [6.07, 6.45) is 0.665. The van der Waals surface area contributed by atoms with E-state index in [0.29, 0.717) is 17.5 Å². The number of carbonyl (C=O) groups excluding carboxylic acids is 2. The average molecular weight is 278 g/mol. The predicted octanol–water partition coefficient (Wildman–Crippen LogP) is 3.54. The highest BCUT2D eigenvalue weighted by molar-refractivity contribution is 6.30. The number of nitrogens with one attached hydrogen (secondary N) is 1. The molecule has 0 fully saturated rings. The van der Waals surface area contributed by atoms with E-state index in [0.717, 1.165) is 6.07 Å². The Balaban J connectivity index is 2.22. The van der Waals surface area contributed by atoms with Crippen LogP contribution >= 0.6 is 11.6 Å². The molecule has 0 radical (unpaired) electrons. The molecule has 0 saturated carbocycles. The van der Waals surface area contributed by atoms with E-state index in [4.69, 9.17) is 11.6 Å². The summed E-state index contributed by atoms with van der Waals surface area (Å²) in [6, 6.07) is 10.1. The average Bonchev–Trinajstić information content (AvgIpc) is 2.38. The summed E-state index contributed by atoms with van der Waals surface area (Å²) in [6.45, 7) is 0. The van der Waals surface area contributed by atoms with Crippen molar-refractivity contribution in [2.24, 2.45) is 0 Å². The fraction of sp³-hybridized carbons (Fsp3) is 0. The molecule has 0 spiro atoms. The SMILES string of the molecule is O=Cc1cccc(NC(=O)c2ccc(Cl)cc2F)c1. The minimum atomic E-state index is -0.698. The highest BCUT2D eigenvalue weighted by atomic mass is 35.5. The van der Waals surface area contributed by atoms with Gasteiger partial charge in [-0.1, -0.05) is 23.7 Å². The number of hydrogen-bond acceptors (Lipinski definition) is 2. The molecule has 2 aromatic carbocycles. The van der Waals surface area contributed by atoms with Crippen molar-refractivity contribution in [3.63, 3.8) is 0 Å². The molecule has 0 bridgehead atoms. The van der Waals surface area contributed by atoms with Crippen molar-refractivity contribution < 1.29 is 14.0 Å². The molecule has 0 saturated heterocycles. The van der Waals surface area contributed by atoms with Gasteiger partial charge in [-0.3, -0.25) is 9.59 Å². The molecule has 19 heavy (non-hydrogen) atoms. The van der Waals surface area contributed by atoms with Crippen LogP contribution in [-0.2, 0) is 0 Å². The molecule has 0 aliphatic heterocycles. The van der Waals surface area contributed by atoms with Crippen molar-refractivity contribution in [3.8, 4) is 0 Å². The summed E-state index contributed by atoms with van der Waals surface area (Å²) in [7, 11) is 0. The smallest absolute Gasteiger partial charge is 0.258 e. The minimum Gasteiger partial charge on any atom is -0.322 e. The second-order valence-corrected chi connectivity index (χ2v) is 4.26. The van der Waals surface area contributed by atoms with Crippen LogP contribution in [0.5, 0.6) is 0 Å². The molecule has 0 atom stereocenters. The first-order valence-corrected chi connectivity index (χ1v) is 5.79. The number of benzene rings is 2. The lowest BCUT2D eigenvalue weighted by molar-refractivity contribution is 0.102. The Hall–Kier alpha value is -2.20. The van der Waals surface area contributed by atoms with Crippen molar-refractivity contribution in [2.75, 3.05) is 5.32 Å². The molecule has 0 aliphatic rings. The van der Waals surface area contributed by atoms with Gasteiger partial charge in [0.05, 0.1) is 5.56 Å². The molecule has 0 heterocycles. The first-order chi connectivity index (χ1) is 9.10. The van der Waals surface area contributed by atoms with Crippen molar-refractivity contribution >= 4 is 29.5 Å². The maximum absolute atomic E-state index is 13.5. The van der Waals surface area contributed by atoms with Crippen LogP contribution in [0.15, 0.2) is 42.5 Å². The van der Waals surface area contributed by atoms with Gasteiger partial charge in [0.15, 0.2) is 0 Å². The molecule has 0 aliphatic carbocycles. The highest BCUT2D eigenvalue weighted by Crippen LogP contribution is 2.17. The van der Waals surface area contributed by atoms with Gasteiger partial charge in [0, 0.05) is 16.3 Å². The molecule has 1 amide bonds. The molecular weight excluding hydrogens is 269 g/mol. The quantitative estimate of drug-likeness (QED) is 0.872. The van der Waals surface area contributed by atoms with Crippen molar-refractivity contribution in [1.82, 2.24) is 0 Å². The Kier molecular flexibility index (Phi) is 3.92. The van der Waals surface area contributed by atoms with Crippen LogP contribution in [0.3, 0.4) is 0 Å². The zero-order chi connectivity index (χ0) is 13.8. The zero-order valence-electron chi connectivity index (χ0n) is 9.69. The number of hydrogen-bond donors (Lipinski definition) is 1. The summed E-state index contributed by atoms with van der Waals surface area (Å²) < 4.78 is 13.5. The second kappa shape index (κ2) is 5.63. The number of carbonyl (C=O) groups is 2. The lowest BCUT2D eigenvalue weighted by Crippen LogP contribution is -2.13.